The van der Waals surface area contributed by atoms with E-state index in [1.54, 1.807) is 6.08 Å². The average Bonchev–Trinajstić information content (AvgIpc) is 1.86. The fourth-order valence-electron chi connectivity index (χ4n) is 0.568. The van der Waals surface area contributed by atoms with E-state index in [0.29, 0.717) is 0 Å². The maximum absolute atomic E-state index is 10.4. The molecule has 10 heavy (non-hydrogen) atoms. The molecule has 0 bridgehead atoms. The van der Waals surface area contributed by atoms with Gasteiger partial charge in [-0.15, -0.1) is 0 Å². The van der Waals surface area contributed by atoms with Gasteiger partial charge in [0.1, 0.15) is 0 Å². The highest BCUT2D eigenvalue weighted by Gasteiger charge is 1.88. The molecule has 0 aromatic rings. The van der Waals surface area contributed by atoms with Crippen LogP contribution in [0, 0.1) is 0 Å². The molecule has 0 aliphatic carbocycles. The minimum atomic E-state index is -1.58. The lowest BCUT2D eigenvalue weighted by molar-refractivity contribution is 0.429. The summed E-state index contributed by atoms with van der Waals surface area (Å²) in [5.74, 6) is 0.718. The van der Waals surface area contributed by atoms with Crippen LogP contribution in [-0.4, -0.2) is 0 Å². The largest absolute Gasteiger partial charge is 0.555 e. The molecule has 0 aliphatic rings. The fourth-order valence-corrected chi connectivity index (χ4v) is 1.18. The Balaban J connectivity index is 3.85. The van der Waals surface area contributed by atoms with Crippen molar-refractivity contribution in [2.45, 2.75) is 26.7 Å². The van der Waals surface area contributed by atoms with Gasteiger partial charge in [-0.25, -0.2) is 0 Å². The predicted octanol–water partition coefficient (Wildman–Crippen LogP) is 2.05. The maximum Gasteiger partial charge on any atom is 0.0713 e. The first-order valence-corrected chi connectivity index (χ1v) is 5.13. The van der Waals surface area contributed by atoms with Gasteiger partial charge in [0.05, 0.1) is 5.76 Å². The van der Waals surface area contributed by atoms with Crippen molar-refractivity contribution in [1.82, 2.24) is 0 Å². The van der Waals surface area contributed by atoms with E-state index < -0.39 is 9.64 Å². The van der Waals surface area contributed by atoms with Gasteiger partial charge in [-0.2, -0.15) is 11.2 Å². The van der Waals surface area contributed by atoms with Crippen molar-refractivity contribution >= 4 is 20.8 Å². The van der Waals surface area contributed by atoms with E-state index >= 15 is 0 Å². The van der Waals surface area contributed by atoms with Gasteiger partial charge in [0, 0.05) is 6.42 Å². The Morgan fingerprint density at radius 1 is 1.80 bits per heavy atom. The van der Waals surface area contributed by atoms with Crippen LogP contribution in [0.2, 0.25) is 0 Å². The Bertz CT molecular complexity index is 174. The molecule has 0 aliphatic heterocycles. The van der Waals surface area contributed by atoms with Crippen molar-refractivity contribution in [2.24, 2.45) is 0 Å². The van der Waals surface area contributed by atoms with Crippen LogP contribution in [-0.2, 0) is 29.2 Å². The highest BCUT2D eigenvalue weighted by molar-refractivity contribution is 8.19. The number of hydrogen-bond acceptors (Lipinski definition) is 4. The summed E-state index contributed by atoms with van der Waals surface area (Å²) in [5, 5.41) is 0. The van der Waals surface area contributed by atoms with Crippen LogP contribution in [0.4, 0.5) is 0 Å². The molecule has 0 saturated carbocycles. The van der Waals surface area contributed by atoms with Gasteiger partial charge in [0.15, 0.2) is 0 Å². The smallest absolute Gasteiger partial charge is 0.0713 e. The van der Waals surface area contributed by atoms with Crippen LogP contribution >= 0.6 is 0 Å². The average molecular weight is 179 g/mol. The first kappa shape index (κ1) is 9.91. The van der Waals surface area contributed by atoms with Crippen LogP contribution in [0.25, 0.3) is 0 Å². The van der Waals surface area contributed by atoms with Crippen LogP contribution in [0.1, 0.15) is 26.7 Å². The third-order valence-electron chi connectivity index (χ3n) is 0.993. The van der Waals surface area contributed by atoms with E-state index in [1.165, 1.54) is 0 Å². The molecule has 0 aromatic carbocycles. The van der Waals surface area contributed by atoms with E-state index in [2.05, 4.69) is 11.2 Å². The van der Waals surface area contributed by atoms with Gasteiger partial charge in [0.25, 0.3) is 0 Å². The molecule has 0 rings (SSSR count). The zero-order chi connectivity index (χ0) is 7.98. The second kappa shape index (κ2) is 5.68. The van der Waals surface area contributed by atoms with E-state index in [0.717, 1.165) is 18.6 Å². The number of allylic oxidation sites excluding steroid dienone is 2. The van der Waals surface area contributed by atoms with Gasteiger partial charge in [-0.3, -0.25) is 0 Å². The van der Waals surface area contributed by atoms with Crippen LogP contribution < -0.4 is 0 Å². The maximum atomic E-state index is 10.4. The van der Waals surface area contributed by atoms with Crippen molar-refractivity contribution in [2.75, 3.05) is 0 Å². The van der Waals surface area contributed by atoms with Crippen LogP contribution in [0.3, 0.4) is 0 Å². The Morgan fingerprint density at radius 3 is 2.70 bits per heavy atom. The van der Waals surface area contributed by atoms with Gasteiger partial charge >= 0.3 is 0 Å². The van der Waals surface area contributed by atoms with Crippen molar-refractivity contribution in [3.05, 3.63) is 11.8 Å². The summed E-state index contributed by atoms with van der Waals surface area (Å²) >= 11 is 4.34. The first-order chi connectivity index (χ1) is 4.70. The SMILES string of the molecule is CC=C(CCC)O[S-](=O)=S. The topological polar surface area (TPSA) is 26.3 Å². The molecular formula is C6H11O2S2-. The summed E-state index contributed by atoms with van der Waals surface area (Å²) in [6, 6.07) is 0. The zero-order valence-corrected chi connectivity index (χ0v) is 7.76. The first-order valence-electron chi connectivity index (χ1n) is 3.13. The Kier molecular flexibility index (Phi) is 5.63. The molecule has 0 heterocycles. The second-order valence-corrected chi connectivity index (χ2v) is 3.18. The quantitative estimate of drug-likeness (QED) is 0.488. The molecule has 0 N–H and O–H groups in total. The van der Waals surface area contributed by atoms with E-state index in [9.17, 15) is 4.21 Å². The second-order valence-electron chi connectivity index (χ2n) is 1.79. The minimum absolute atomic E-state index is 0.718. The van der Waals surface area contributed by atoms with Gasteiger partial charge in [0.2, 0.25) is 0 Å². The third kappa shape index (κ3) is 4.76. The predicted molar refractivity (Wildman–Crippen MR) is 45.2 cm³/mol. The summed E-state index contributed by atoms with van der Waals surface area (Å²) in [6.07, 6.45) is 3.57. The highest BCUT2D eigenvalue weighted by atomic mass is 32.8. The summed E-state index contributed by atoms with van der Waals surface area (Å²) in [5.41, 5.74) is 0. The Morgan fingerprint density at radius 2 is 2.40 bits per heavy atom. The molecule has 60 valence electrons. The van der Waals surface area contributed by atoms with Crippen molar-refractivity contribution in [1.29, 1.82) is 0 Å². The lowest BCUT2D eigenvalue weighted by Crippen LogP contribution is -1.87. The molecule has 0 aromatic heterocycles. The van der Waals surface area contributed by atoms with Crippen molar-refractivity contribution in [3.8, 4) is 0 Å². The molecule has 0 fully saturated rings. The third-order valence-corrected chi connectivity index (χ3v) is 1.55. The van der Waals surface area contributed by atoms with E-state index in [4.69, 9.17) is 4.18 Å². The molecule has 0 saturated heterocycles. The van der Waals surface area contributed by atoms with E-state index in [-0.39, 0.29) is 0 Å². The summed E-state index contributed by atoms with van der Waals surface area (Å²) < 4.78 is 15.1. The van der Waals surface area contributed by atoms with Crippen molar-refractivity contribution < 1.29 is 8.39 Å². The minimum Gasteiger partial charge on any atom is -0.555 e. The van der Waals surface area contributed by atoms with Gasteiger partial charge < -0.3 is 8.39 Å². The zero-order valence-electron chi connectivity index (χ0n) is 6.12. The van der Waals surface area contributed by atoms with E-state index in [1.807, 2.05) is 13.8 Å². The van der Waals surface area contributed by atoms with Gasteiger partial charge in [-0.1, -0.05) is 13.0 Å². The fraction of sp³-hybridized carbons (Fsp3) is 0.667. The highest BCUT2D eigenvalue weighted by Crippen LogP contribution is 2.05. The number of hydrogen-bond donors (Lipinski definition) is 0. The van der Waals surface area contributed by atoms with Crippen LogP contribution in [0.15, 0.2) is 11.8 Å². The number of rotatable bonds is 4. The normalized spacial score (nSPS) is 12.1. The Hall–Kier alpha value is -0.0900. The molecular weight excluding hydrogens is 168 g/mol. The van der Waals surface area contributed by atoms with Crippen LogP contribution in [0.5, 0.6) is 0 Å². The summed E-state index contributed by atoms with van der Waals surface area (Å²) in [4.78, 5) is 0. The molecule has 4 heteroatoms. The standard InChI is InChI=1S/C6H11O2S2/c1-3-5-6(4-2)8-10(7)9/h4H,3,5H2,1-2H3/q-1. The summed E-state index contributed by atoms with van der Waals surface area (Å²) in [6.45, 7) is 3.87. The molecule has 0 atom stereocenters. The lowest BCUT2D eigenvalue weighted by atomic mass is 10.3. The molecule has 0 unspecified atom stereocenters. The van der Waals surface area contributed by atoms with Gasteiger partial charge in [-0.05, 0) is 23.0 Å². The molecule has 0 spiro atoms. The Labute approximate surface area is 68.2 Å². The molecule has 2 nitrogen and oxygen atoms in total. The monoisotopic (exact) mass is 179 g/mol. The molecule has 0 radical (unpaired) electrons. The lowest BCUT2D eigenvalue weighted by Gasteiger charge is -2.09. The summed E-state index contributed by atoms with van der Waals surface area (Å²) in [7, 11) is -1.58. The molecule has 0 amide bonds. The van der Waals surface area contributed by atoms with Crippen molar-refractivity contribution in [3.63, 3.8) is 0 Å².